The Hall–Kier alpha value is -3.03. The Labute approximate surface area is 142 Å². The summed E-state index contributed by atoms with van der Waals surface area (Å²) in [7, 11) is 0. The van der Waals surface area contributed by atoms with E-state index < -0.39 is 11.7 Å². The van der Waals surface area contributed by atoms with Gasteiger partial charge in [0, 0.05) is 18.5 Å². The molecule has 1 aromatic carbocycles. The van der Waals surface area contributed by atoms with Crippen molar-refractivity contribution < 1.29 is 13.7 Å². The van der Waals surface area contributed by atoms with Gasteiger partial charge in [0.05, 0.1) is 5.69 Å². The zero-order valence-electron chi connectivity index (χ0n) is 13.9. The summed E-state index contributed by atoms with van der Waals surface area (Å²) < 4.78 is 19.9. The maximum absolute atomic E-state index is 13.6. The van der Waals surface area contributed by atoms with E-state index in [1.54, 1.807) is 25.1 Å². The van der Waals surface area contributed by atoms with Crippen LogP contribution in [0.15, 0.2) is 33.6 Å². The molecule has 8 heteroatoms. The van der Waals surface area contributed by atoms with Crippen molar-refractivity contribution in [2.75, 3.05) is 0 Å². The minimum atomic E-state index is -0.407. The number of rotatable bonds is 5. The van der Waals surface area contributed by atoms with E-state index in [4.69, 9.17) is 4.52 Å². The van der Waals surface area contributed by atoms with Gasteiger partial charge in [0.25, 0.3) is 11.3 Å². The third kappa shape index (κ3) is 3.28. The molecule has 2 aromatic heterocycles. The van der Waals surface area contributed by atoms with Crippen molar-refractivity contribution in [3.8, 4) is 0 Å². The van der Waals surface area contributed by atoms with Crippen LogP contribution in [-0.4, -0.2) is 20.6 Å². The zero-order chi connectivity index (χ0) is 18.0. The van der Waals surface area contributed by atoms with Gasteiger partial charge in [-0.25, -0.2) is 4.39 Å². The number of fused-ring (bicyclic) bond motifs is 1. The number of aryl methyl sites for hydroxylation is 2. The number of hydrogen-bond acceptors (Lipinski definition) is 5. The van der Waals surface area contributed by atoms with Gasteiger partial charge >= 0.3 is 0 Å². The fraction of sp³-hybridized carbons (Fsp3) is 0.294. The molecule has 130 valence electrons. The van der Waals surface area contributed by atoms with Gasteiger partial charge in [0.2, 0.25) is 5.91 Å². The standard InChI is InChI=1S/C17H17FN4O3/c1-3-13-20-16-15(10(2)21-25-16)17(24)22(13)9-14(23)19-8-11-6-4-5-7-12(11)18/h4-7H,3,8-9H2,1-2H3,(H,19,23). The van der Waals surface area contributed by atoms with E-state index in [0.717, 1.165) is 0 Å². The monoisotopic (exact) mass is 344 g/mol. The maximum Gasteiger partial charge on any atom is 0.267 e. The molecule has 1 N–H and O–H groups in total. The predicted octanol–water partition coefficient (Wildman–Crippen LogP) is 1.71. The summed E-state index contributed by atoms with van der Waals surface area (Å²) in [6.45, 7) is 3.31. The molecule has 0 bridgehead atoms. The molecule has 3 aromatic rings. The second-order valence-electron chi connectivity index (χ2n) is 5.59. The minimum Gasteiger partial charge on any atom is -0.350 e. The Balaban J connectivity index is 1.83. The summed E-state index contributed by atoms with van der Waals surface area (Å²) in [6.07, 6.45) is 0.450. The first-order chi connectivity index (χ1) is 12.0. The Bertz CT molecular complexity index is 993. The van der Waals surface area contributed by atoms with Gasteiger partial charge in [-0.15, -0.1) is 0 Å². The topological polar surface area (TPSA) is 90.0 Å². The number of amides is 1. The summed E-state index contributed by atoms with van der Waals surface area (Å²) in [5.41, 5.74) is 0.599. The lowest BCUT2D eigenvalue weighted by Gasteiger charge is -2.11. The third-order valence-electron chi connectivity index (χ3n) is 3.90. The highest BCUT2D eigenvalue weighted by Crippen LogP contribution is 2.12. The van der Waals surface area contributed by atoms with E-state index in [0.29, 0.717) is 23.5 Å². The normalized spacial score (nSPS) is 11.0. The second kappa shape index (κ2) is 6.84. The van der Waals surface area contributed by atoms with Gasteiger partial charge in [0.1, 0.15) is 23.6 Å². The van der Waals surface area contributed by atoms with Gasteiger partial charge in [-0.2, -0.15) is 4.98 Å². The number of carbonyl (C=O) groups is 1. The highest BCUT2D eigenvalue weighted by molar-refractivity contribution is 5.77. The lowest BCUT2D eigenvalue weighted by molar-refractivity contribution is -0.121. The zero-order valence-corrected chi connectivity index (χ0v) is 13.9. The lowest BCUT2D eigenvalue weighted by Crippen LogP contribution is -2.34. The summed E-state index contributed by atoms with van der Waals surface area (Å²) in [5, 5.41) is 6.63. The number of benzene rings is 1. The molecule has 25 heavy (non-hydrogen) atoms. The summed E-state index contributed by atoms with van der Waals surface area (Å²) in [6, 6.07) is 6.19. The van der Waals surface area contributed by atoms with Crippen molar-refractivity contribution in [3.63, 3.8) is 0 Å². The first-order valence-corrected chi connectivity index (χ1v) is 7.87. The van der Waals surface area contributed by atoms with Gasteiger partial charge < -0.3 is 9.84 Å². The van der Waals surface area contributed by atoms with Crippen molar-refractivity contribution in [1.29, 1.82) is 0 Å². The average molecular weight is 344 g/mol. The van der Waals surface area contributed by atoms with Crippen molar-refractivity contribution in [3.05, 3.63) is 57.5 Å². The van der Waals surface area contributed by atoms with E-state index in [2.05, 4.69) is 15.5 Å². The van der Waals surface area contributed by atoms with Crippen LogP contribution in [-0.2, 0) is 24.3 Å². The lowest BCUT2D eigenvalue weighted by atomic mass is 10.2. The molecule has 3 rings (SSSR count). The van der Waals surface area contributed by atoms with Crippen molar-refractivity contribution >= 4 is 17.0 Å². The molecule has 0 spiro atoms. The molecule has 7 nitrogen and oxygen atoms in total. The van der Waals surface area contributed by atoms with Crippen LogP contribution in [0.2, 0.25) is 0 Å². The number of nitrogens with zero attached hydrogens (tertiary/aromatic N) is 3. The Morgan fingerprint density at radius 3 is 2.84 bits per heavy atom. The number of halogens is 1. The molecule has 0 radical (unpaired) electrons. The number of hydrogen-bond donors (Lipinski definition) is 1. The number of aromatic nitrogens is 3. The van der Waals surface area contributed by atoms with Crippen LogP contribution in [0.5, 0.6) is 0 Å². The maximum atomic E-state index is 13.6. The Morgan fingerprint density at radius 2 is 2.12 bits per heavy atom. The van der Waals surface area contributed by atoms with Crippen LogP contribution in [0, 0.1) is 12.7 Å². The van der Waals surface area contributed by atoms with Gasteiger partial charge in [-0.1, -0.05) is 30.3 Å². The molecule has 0 fully saturated rings. The molecule has 0 atom stereocenters. The Morgan fingerprint density at radius 1 is 1.36 bits per heavy atom. The van der Waals surface area contributed by atoms with Gasteiger partial charge in [0.15, 0.2) is 0 Å². The van der Waals surface area contributed by atoms with Crippen molar-refractivity contribution in [2.24, 2.45) is 0 Å². The van der Waals surface area contributed by atoms with E-state index in [1.807, 2.05) is 6.92 Å². The van der Waals surface area contributed by atoms with Gasteiger partial charge in [-0.05, 0) is 13.0 Å². The fourth-order valence-corrected chi connectivity index (χ4v) is 2.58. The van der Waals surface area contributed by atoms with Crippen molar-refractivity contribution in [1.82, 2.24) is 20.0 Å². The fourth-order valence-electron chi connectivity index (χ4n) is 2.58. The first-order valence-electron chi connectivity index (χ1n) is 7.87. The number of carbonyl (C=O) groups excluding carboxylic acids is 1. The predicted molar refractivity (Wildman–Crippen MR) is 88.4 cm³/mol. The van der Waals surface area contributed by atoms with Crippen LogP contribution in [0.1, 0.15) is 24.0 Å². The molecule has 0 aliphatic carbocycles. The SMILES string of the molecule is CCc1nc2onc(C)c2c(=O)n1CC(=O)NCc1ccccc1F. The molecule has 0 aliphatic heterocycles. The van der Waals surface area contributed by atoms with Crippen LogP contribution in [0.4, 0.5) is 4.39 Å². The van der Waals surface area contributed by atoms with Crippen LogP contribution in [0.3, 0.4) is 0 Å². The molecule has 0 unspecified atom stereocenters. The molecule has 0 aliphatic rings. The quantitative estimate of drug-likeness (QED) is 0.761. The summed E-state index contributed by atoms with van der Waals surface area (Å²) >= 11 is 0. The summed E-state index contributed by atoms with van der Waals surface area (Å²) in [5.74, 6) is -0.373. The first kappa shape index (κ1) is 16.8. The van der Waals surface area contributed by atoms with Crippen LogP contribution >= 0.6 is 0 Å². The summed E-state index contributed by atoms with van der Waals surface area (Å²) in [4.78, 5) is 29.1. The van der Waals surface area contributed by atoms with Crippen LogP contribution < -0.4 is 10.9 Å². The van der Waals surface area contributed by atoms with E-state index >= 15 is 0 Å². The van der Waals surface area contributed by atoms with Gasteiger partial charge in [-0.3, -0.25) is 14.2 Å². The highest BCUT2D eigenvalue weighted by Gasteiger charge is 2.18. The highest BCUT2D eigenvalue weighted by atomic mass is 19.1. The van der Waals surface area contributed by atoms with Crippen molar-refractivity contribution in [2.45, 2.75) is 33.4 Å². The molecule has 2 heterocycles. The van der Waals surface area contributed by atoms with Crippen LogP contribution in [0.25, 0.3) is 11.1 Å². The molecular weight excluding hydrogens is 327 g/mol. The molecular formula is C17H17FN4O3. The minimum absolute atomic E-state index is 0.0453. The van der Waals surface area contributed by atoms with E-state index in [9.17, 15) is 14.0 Å². The largest absolute Gasteiger partial charge is 0.350 e. The molecule has 1 amide bonds. The second-order valence-corrected chi connectivity index (χ2v) is 5.59. The molecule has 0 saturated heterocycles. The smallest absolute Gasteiger partial charge is 0.267 e. The molecule has 0 saturated carbocycles. The number of nitrogens with one attached hydrogen (secondary N) is 1. The third-order valence-corrected chi connectivity index (χ3v) is 3.90. The van der Waals surface area contributed by atoms with E-state index in [1.165, 1.54) is 10.6 Å². The van der Waals surface area contributed by atoms with E-state index in [-0.39, 0.29) is 29.7 Å². The Kier molecular flexibility index (Phi) is 4.60. The average Bonchev–Trinajstić information content (AvgIpc) is 2.97.